The molecule has 0 aliphatic rings. The monoisotopic (exact) mass is 410 g/mol. The molecule has 1 amide bonds. The lowest BCUT2D eigenvalue weighted by Crippen LogP contribution is -2.23. The van der Waals surface area contributed by atoms with Crippen molar-refractivity contribution in [2.45, 2.75) is 27.4 Å². The number of thiazole rings is 1. The minimum Gasteiger partial charge on any atom is -0.495 e. The molecule has 0 atom stereocenters. The minimum absolute atomic E-state index is 0.0281. The number of carbonyl (C=O) groups excluding carboxylic acids is 2. The van der Waals surface area contributed by atoms with Crippen molar-refractivity contribution < 1.29 is 19.1 Å². The zero-order valence-corrected chi connectivity index (χ0v) is 17.6. The average Bonchev–Trinajstić information content (AvgIpc) is 3.15. The molecule has 0 fully saturated rings. The number of carbonyl (C=O) groups is 2. The van der Waals surface area contributed by atoms with Crippen molar-refractivity contribution in [2.75, 3.05) is 12.0 Å². The Morgan fingerprint density at radius 2 is 1.90 bits per heavy atom. The summed E-state index contributed by atoms with van der Waals surface area (Å²) in [5.74, 6) is -0.0198. The van der Waals surface area contributed by atoms with E-state index in [0.717, 1.165) is 11.1 Å². The molecule has 0 saturated heterocycles. The fourth-order valence-electron chi connectivity index (χ4n) is 2.95. The van der Waals surface area contributed by atoms with Crippen LogP contribution in [-0.2, 0) is 16.1 Å². The highest BCUT2D eigenvalue weighted by Crippen LogP contribution is 2.35. The molecule has 0 saturated carbocycles. The molecule has 2 aromatic carbocycles. The number of hydrogen-bond acceptors (Lipinski definition) is 6. The third kappa shape index (κ3) is 4.63. The van der Waals surface area contributed by atoms with Gasteiger partial charge in [0.2, 0.25) is 5.91 Å². The molecule has 29 heavy (non-hydrogen) atoms. The van der Waals surface area contributed by atoms with Crippen LogP contribution in [0.3, 0.4) is 0 Å². The molecule has 0 unspecified atom stereocenters. The van der Waals surface area contributed by atoms with Gasteiger partial charge in [0.1, 0.15) is 12.4 Å². The second-order valence-corrected chi connectivity index (χ2v) is 7.38. The lowest BCUT2D eigenvalue weighted by atomic mass is 10.1. The van der Waals surface area contributed by atoms with Crippen LogP contribution in [0.15, 0.2) is 47.8 Å². The highest BCUT2D eigenvalue weighted by Gasteiger charge is 2.21. The summed E-state index contributed by atoms with van der Waals surface area (Å²) >= 11 is 1.30. The molecular weight excluding hydrogens is 388 g/mol. The van der Waals surface area contributed by atoms with E-state index in [9.17, 15) is 9.59 Å². The number of aryl methyl sites for hydroxylation is 2. The highest BCUT2D eigenvalue weighted by atomic mass is 32.1. The molecule has 0 bridgehead atoms. The Labute approximate surface area is 173 Å². The van der Waals surface area contributed by atoms with Gasteiger partial charge in [-0.2, -0.15) is 0 Å². The van der Waals surface area contributed by atoms with E-state index in [1.54, 1.807) is 30.7 Å². The molecule has 0 aliphatic heterocycles. The second-order valence-electron chi connectivity index (χ2n) is 6.54. The van der Waals surface area contributed by atoms with Crippen LogP contribution in [0.1, 0.15) is 34.1 Å². The van der Waals surface area contributed by atoms with Crippen LogP contribution in [0.4, 0.5) is 10.8 Å². The number of anilines is 2. The number of methoxy groups -OCH3 is 1. The van der Waals surface area contributed by atoms with Gasteiger partial charge in [0, 0.05) is 12.3 Å². The van der Waals surface area contributed by atoms with Gasteiger partial charge in [-0.1, -0.05) is 29.8 Å². The number of aromatic nitrogens is 1. The van der Waals surface area contributed by atoms with Gasteiger partial charge in [-0.25, -0.2) is 9.78 Å². The Hall–Kier alpha value is -3.19. The maximum absolute atomic E-state index is 12.4. The first-order valence-electron chi connectivity index (χ1n) is 9.03. The number of para-hydroxylation sites is 2. The van der Waals surface area contributed by atoms with Gasteiger partial charge < -0.3 is 9.47 Å². The molecule has 150 valence electrons. The molecule has 7 heteroatoms. The maximum atomic E-state index is 12.4. The normalized spacial score (nSPS) is 10.5. The molecule has 1 heterocycles. The third-order valence-electron chi connectivity index (χ3n) is 4.32. The highest BCUT2D eigenvalue weighted by molar-refractivity contribution is 7.14. The van der Waals surface area contributed by atoms with Crippen LogP contribution < -0.4 is 9.64 Å². The fraction of sp³-hybridized carbons (Fsp3) is 0.227. The summed E-state index contributed by atoms with van der Waals surface area (Å²) in [7, 11) is 1.55. The van der Waals surface area contributed by atoms with Crippen LogP contribution in [0.5, 0.6) is 5.75 Å². The van der Waals surface area contributed by atoms with Crippen LogP contribution in [-0.4, -0.2) is 24.0 Å². The van der Waals surface area contributed by atoms with E-state index in [0.29, 0.717) is 27.8 Å². The molecule has 0 radical (unpaired) electrons. The predicted octanol–water partition coefficient (Wildman–Crippen LogP) is 4.81. The zero-order valence-electron chi connectivity index (χ0n) is 16.8. The Kier molecular flexibility index (Phi) is 6.29. The number of hydrogen-bond donors (Lipinski definition) is 0. The van der Waals surface area contributed by atoms with E-state index in [1.165, 1.54) is 23.2 Å². The largest absolute Gasteiger partial charge is 0.495 e. The average molecular weight is 410 g/mol. The molecule has 3 aromatic rings. The third-order valence-corrected chi connectivity index (χ3v) is 5.20. The number of nitrogens with zero attached hydrogens (tertiary/aromatic N) is 2. The summed E-state index contributed by atoms with van der Waals surface area (Å²) in [5, 5.41) is 2.26. The first-order valence-corrected chi connectivity index (χ1v) is 9.91. The smallest absolute Gasteiger partial charge is 0.338 e. The van der Waals surface area contributed by atoms with Gasteiger partial charge >= 0.3 is 5.97 Å². The standard InChI is InChI=1S/C22H22N2O4S/c1-14-9-10-18(15(2)11-14)21(26)28-12-17-13-29-22(23-17)24(16(3)25)19-7-5-6-8-20(19)27-4/h5-11,13H,12H2,1-4H3. The van der Waals surface area contributed by atoms with Crippen LogP contribution in [0.25, 0.3) is 0 Å². The molecular formula is C22H22N2O4S. The summed E-state index contributed by atoms with van der Waals surface area (Å²) in [4.78, 5) is 30.6. The van der Waals surface area contributed by atoms with Crippen LogP contribution in [0.2, 0.25) is 0 Å². The lowest BCUT2D eigenvalue weighted by Gasteiger charge is -2.20. The summed E-state index contributed by atoms with van der Waals surface area (Å²) in [6, 6.07) is 12.8. The van der Waals surface area contributed by atoms with E-state index < -0.39 is 5.97 Å². The summed E-state index contributed by atoms with van der Waals surface area (Å²) in [6.07, 6.45) is 0. The van der Waals surface area contributed by atoms with E-state index in [1.807, 2.05) is 38.1 Å². The van der Waals surface area contributed by atoms with E-state index >= 15 is 0 Å². The first-order chi connectivity index (χ1) is 13.9. The number of ether oxygens (including phenoxy) is 2. The molecule has 6 nitrogen and oxygen atoms in total. The Morgan fingerprint density at radius 3 is 2.59 bits per heavy atom. The van der Waals surface area contributed by atoms with Gasteiger partial charge in [-0.05, 0) is 37.6 Å². The zero-order chi connectivity index (χ0) is 21.0. The van der Waals surface area contributed by atoms with Crippen molar-refractivity contribution in [3.63, 3.8) is 0 Å². The second kappa shape index (κ2) is 8.87. The quantitative estimate of drug-likeness (QED) is 0.546. The Morgan fingerprint density at radius 1 is 1.14 bits per heavy atom. The number of rotatable bonds is 6. The summed E-state index contributed by atoms with van der Waals surface area (Å²) in [6.45, 7) is 5.35. The van der Waals surface area contributed by atoms with Crippen molar-refractivity contribution in [2.24, 2.45) is 0 Å². The molecule has 3 rings (SSSR count). The van der Waals surface area contributed by atoms with Crippen molar-refractivity contribution >= 4 is 34.0 Å². The van der Waals surface area contributed by atoms with Crippen molar-refractivity contribution in [3.05, 3.63) is 70.2 Å². The SMILES string of the molecule is COc1ccccc1N(C(C)=O)c1nc(COC(=O)c2ccc(C)cc2C)cs1. The molecule has 0 N–H and O–H groups in total. The first kappa shape index (κ1) is 20.5. The number of amides is 1. The summed E-state index contributed by atoms with van der Waals surface area (Å²) < 4.78 is 10.8. The lowest BCUT2D eigenvalue weighted by molar-refractivity contribution is -0.115. The van der Waals surface area contributed by atoms with Crippen molar-refractivity contribution in [1.29, 1.82) is 0 Å². The van der Waals surface area contributed by atoms with Gasteiger partial charge in [0.05, 0.1) is 24.1 Å². The van der Waals surface area contributed by atoms with Crippen molar-refractivity contribution in [3.8, 4) is 5.75 Å². The van der Waals surface area contributed by atoms with Crippen molar-refractivity contribution in [1.82, 2.24) is 4.98 Å². The van der Waals surface area contributed by atoms with E-state index in [2.05, 4.69) is 4.98 Å². The maximum Gasteiger partial charge on any atom is 0.338 e. The summed E-state index contributed by atoms with van der Waals surface area (Å²) in [5.41, 5.74) is 3.67. The van der Waals surface area contributed by atoms with E-state index in [-0.39, 0.29) is 12.5 Å². The predicted molar refractivity (Wildman–Crippen MR) is 113 cm³/mol. The van der Waals surface area contributed by atoms with Crippen LogP contribution in [0, 0.1) is 13.8 Å². The van der Waals surface area contributed by atoms with E-state index in [4.69, 9.17) is 9.47 Å². The number of benzene rings is 2. The fourth-order valence-corrected chi connectivity index (χ4v) is 3.81. The topological polar surface area (TPSA) is 68.7 Å². The molecule has 1 aromatic heterocycles. The van der Waals surface area contributed by atoms with Crippen LogP contribution >= 0.6 is 11.3 Å². The Balaban J connectivity index is 1.77. The van der Waals surface area contributed by atoms with Gasteiger partial charge in [0.15, 0.2) is 5.13 Å². The van der Waals surface area contributed by atoms with Gasteiger partial charge in [-0.3, -0.25) is 9.69 Å². The Bertz CT molecular complexity index is 1040. The molecule has 0 aliphatic carbocycles. The minimum atomic E-state index is -0.398. The molecule has 0 spiro atoms. The number of esters is 1. The van der Waals surface area contributed by atoms with Gasteiger partial charge in [-0.15, -0.1) is 11.3 Å². The van der Waals surface area contributed by atoms with Gasteiger partial charge in [0.25, 0.3) is 0 Å².